The Morgan fingerprint density at radius 2 is 1.86 bits per heavy atom. The predicted molar refractivity (Wildman–Crippen MR) is 94.6 cm³/mol. The molecule has 0 N–H and O–H groups in total. The molecule has 118 valence electrons. The molecule has 1 aromatic heterocycles. The average molecular weight is 317 g/mol. The summed E-state index contributed by atoms with van der Waals surface area (Å²) in [5.41, 5.74) is 5.14. The van der Waals surface area contributed by atoms with Crippen molar-refractivity contribution in [1.29, 1.82) is 0 Å². The number of pyridine rings is 1. The van der Waals surface area contributed by atoms with Gasteiger partial charge in [-0.25, -0.2) is 0 Å². The monoisotopic (exact) mass is 316 g/mol. The van der Waals surface area contributed by atoms with Crippen LogP contribution in [0, 0.1) is 13.8 Å². The molecule has 0 saturated carbocycles. The molecule has 1 unspecified atom stereocenters. The molecule has 1 aromatic carbocycles. The molecule has 0 spiro atoms. The second kappa shape index (κ2) is 8.30. The number of alkyl halides is 1. The minimum absolute atomic E-state index is 0.0398. The van der Waals surface area contributed by atoms with E-state index in [0.717, 1.165) is 26.1 Å². The summed E-state index contributed by atoms with van der Waals surface area (Å²) in [6, 6.07) is 10.7. The fraction of sp³-hybridized carbons (Fsp3) is 0.421. The summed E-state index contributed by atoms with van der Waals surface area (Å²) in [5.74, 6) is 0. The van der Waals surface area contributed by atoms with E-state index >= 15 is 0 Å². The van der Waals surface area contributed by atoms with E-state index in [1.54, 1.807) is 0 Å². The number of nitrogens with zero attached hydrogens (tertiary/aromatic N) is 2. The van der Waals surface area contributed by atoms with Crippen molar-refractivity contribution in [3.8, 4) is 0 Å². The normalized spacial score (nSPS) is 12.6. The third-order valence-corrected chi connectivity index (χ3v) is 4.47. The van der Waals surface area contributed by atoms with Crippen molar-refractivity contribution in [2.45, 2.75) is 32.6 Å². The highest BCUT2D eigenvalue weighted by Crippen LogP contribution is 2.25. The first-order valence-corrected chi connectivity index (χ1v) is 8.36. The lowest BCUT2D eigenvalue weighted by Gasteiger charge is -2.24. The van der Waals surface area contributed by atoms with Crippen molar-refractivity contribution in [2.75, 3.05) is 19.6 Å². The predicted octanol–water partition coefficient (Wildman–Crippen LogP) is 4.54. The fourth-order valence-electron chi connectivity index (χ4n) is 2.72. The molecule has 2 aromatic rings. The summed E-state index contributed by atoms with van der Waals surface area (Å²) < 4.78 is 0. The Bertz CT molecular complexity index is 583. The lowest BCUT2D eigenvalue weighted by molar-refractivity contribution is 0.292. The van der Waals surface area contributed by atoms with Crippen molar-refractivity contribution in [1.82, 2.24) is 9.88 Å². The van der Waals surface area contributed by atoms with Crippen molar-refractivity contribution >= 4 is 11.6 Å². The molecule has 0 aliphatic rings. The van der Waals surface area contributed by atoms with Gasteiger partial charge in [-0.3, -0.25) is 4.98 Å². The maximum Gasteiger partial charge on any atom is 0.0714 e. The summed E-state index contributed by atoms with van der Waals surface area (Å²) in [6.45, 7) is 9.37. The van der Waals surface area contributed by atoms with Crippen LogP contribution in [-0.2, 0) is 6.42 Å². The summed E-state index contributed by atoms with van der Waals surface area (Å²) in [6.07, 6.45) is 4.74. The van der Waals surface area contributed by atoms with Gasteiger partial charge in [-0.1, -0.05) is 30.7 Å². The van der Waals surface area contributed by atoms with E-state index < -0.39 is 0 Å². The van der Waals surface area contributed by atoms with Crippen LogP contribution in [0.5, 0.6) is 0 Å². The van der Waals surface area contributed by atoms with Crippen molar-refractivity contribution in [2.24, 2.45) is 0 Å². The van der Waals surface area contributed by atoms with E-state index in [-0.39, 0.29) is 5.38 Å². The molecule has 0 saturated heterocycles. The van der Waals surface area contributed by atoms with Crippen LogP contribution < -0.4 is 0 Å². The van der Waals surface area contributed by atoms with Gasteiger partial charge in [0, 0.05) is 25.5 Å². The van der Waals surface area contributed by atoms with Crippen LogP contribution in [0.3, 0.4) is 0 Å². The van der Waals surface area contributed by atoms with Gasteiger partial charge < -0.3 is 4.90 Å². The Labute approximate surface area is 139 Å². The Morgan fingerprint density at radius 3 is 2.50 bits per heavy atom. The number of halogens is 1. The van der Waals surface area contributed by atoms with Crippen LogP contribution in [0.4, 0.5) is 0 Å². The van der Waals surface area contributed by atoms with Gasteiger partial charge in [-0.05, 0) is 55.6 Å². The maximum atomic E-state index is 6.67. The summed E-state index contributed by atoms with van der Waals surface area (Å²) in [7, 11) is 0. The second-order valence-electron chi connectivity index (χ2n) is 5.83. The molecule has 22 heavy (non-hydrogen) atoms. The lowest BCUT2D eigenvalue weighted by Crippen LogP contribution is -2.29. The van der Waals surface area contributed by atoms with E-state index in [1.807, 2.05) is 12.4 Å². The van der Waals surface area contributed by atoms with Crippen LogP contribution >= 0.6 is 11.6 Å². The molecule has 0 radical (unpaired) electrons. The lowest BCUT2D eigenvalue weighted by atomic mass is 10.0. The molecule has 0 aliphatic heterocycles. The van der Waals surface area contributed by atoms with Crippen molar-refractivity contribution < 1.29 is 0 Å². The molecule has 2 rings (SSSR count). The molecular weight excluding hydrogens is 292 g/mol. The minimum atomic E-state index is 0.0398. The van der Waals surface area contributed by atoms with Gasteiger partial charge in [0.2, 0.25) is 0 Å². The first kappa shape index (κ1) is 17.0. The third-order valence-electron chi connectivity index (χ3n) is 4.09. The SMILES string of the molecule is CCN(CCc1ccncc1)CC(Cl)c1ccc(C)cc1C. The molecule has 0 amide bonds. The topological polar surface area (TPSA) is 16.1 Å². The molecule has 0 fully saturated rings. The number of aromatic nitrogens is 1. The van der Waals surface area contributed by atoms with Gasteiger partial charge in [-0.2, -0.15) is 0 Å². The van der Waals surface area contributed by atoms with E-state index in [0.29, 0.717) is 0 Å². The van der Waals surface area contributed by atoms with Crippen molar-refractivity contribution in [3.05, 3.63) is 65.0 Å². The Morgan fingerprint density at radius 1 is 1.14 bits per heavy atom. The first-order valence-electron chi connectivity index (χ1n) is 7.92. The Balaban J connectivity index is 1.94. The Hall–Kier alpha value is -1.38. The van der Waals surface area contributed by atoms with Gasteiger partial charge in [0.05, 0.1) is 5.38 Å². The van der Waals surface area contributed by atoms with E-state index in [4.69, 9.17) is 11.6 Å². The van der Waals surface area contributed by atoms with Crippen LogP contribution in [-0.4, -0.2) is 29.5 Å². The quantitative estimate of drug-likeness (QED) is 0.697. The molecule has 1 heterocycles. The van der Waals surface area contributed by atoms with E-state index in [9.17, 15) is 0 Å². The van der Waals surface area contributed by atoms with E-state index in [1.165, 1.54) is 22.3 Å². The van der Waals surface area contributed by atoms with E-state index in [2.05, 4.69) is 61.0 Å². The number of rotatable bonds is 7. The summed E-state index contributed by atoms with van der Waals surface area (Å²) >= 11 is 6.67. The molecule has 2 nitrogen and oxygen atoms in total. The second-order valence-corrected chi connectivity index (χ2v) is 6.35. The molecule has 0 aliphatic carbocycles. The summed E-state index contributed by atoms with van der Waals surface area (Å²) in [5, 5.41) is 0.0398. The zero-order valence-electron chi connectivity index (χ0n) is 13.7. The highest BCUT2D eigenvalue weighted by molar-refractivity contribution is 6.21. The van der Waals surface area contributed by atoms with Gasteiger partial charge in [0.1, 0.15) is 0 Å². The van der Waals surface area contributed by atoms with Crippen LogP contribution in [0.1, 0.15) is 34.6 Å². The number of aryl methyl sites for hydroxylation is 2. The first-order chi connectivity index (χ1) is 10.6. The van der Waals surface area contributed by atoms with Gasteiger partial charge in [0.15, 0.2) is 0 Å². The van der Waals surface area contributed by atoms with Crippen LogP contribution in [0.15, 0.2) is 42.7 Å². The third kappa shape index (κ3) is 4.82. The zero-order chi connectivity index (χ0) is 15.9. The molecular formula is C19H25ClN2. The minimum Gasteiger partial charge on any atom is -0.301 e. The molecule has 1 atom stereocenters. The highest BCUT2D eigenvalue weighted by atomic mass is 35.5. The maximum absolute atomic E-state index is 6.67. The van der Waals surface area contributed by atoms with Crippen molar-refractivity contribution in [3.63, 3.8) is 0 Å². The number of likely N-dealkylation sites (N-methyl/N-ethyl adjacent to an activating group) is 1. The van der Waals surface area contributed by atoms with Crippen LogP contribution in [0.2, 0.25) is 0 Å². The van der Waals surface area contributed by atoms with Gasteiger partial charge >= 0.3 is 0 Å². The average Bonchev–Trinajstić information content (AvgIpc) is 2.52. The molecule has 0 bridgehead atoms. The standard InChI is InChI=1S/C19H25ClN2/c1-4-22(12-9-17-7-10-21-11-8-17)14-19(20)18-6-5-15(2)13-16(18)3/h5-8,10-11,13,19H,4,9,12,14H2,1-3H3. The van der Waals surface area contributed by atoms with Gasteiger partial charge in [-0.15, -0.1) is 11.6 Å². The number of benzene rings is 1. The fourth-order valence-corrected chi connectivity index (χ4v) is 3.16. The van der Waals surface area contributed by atoms with Crippen LogP contribution in [0.25, 0.3) is 0 Å². The Kier molecular flexibility index (Phi) is 6.41. The zero-order valence-corrected chi connectivity index (χ0v) is 14.5. The number of hydrogen-bond acceptors (Lipinski definition) is 2. The van der Waals surface area contributed by atoms with Gasteiger partial charge in [0.25, 0.3) is 0 Å². The molecule has 3 heteroatoms. The number of hydrogen-bond donors (Lipinski definition) is 0. The smallest absolute Gasteiger partial charge is 0.0714 e. The highest BCUT2D eigenvalue weighted by Gasteiger charge is 2.14. The largest absolute Gasteiger partial charge is 0.301 e. The summed E-state index contributed by atoms with van der Waals surface area (Å²) in [4.78, 5) is 6.48.